The Labute approximate surface area is 164 Å². The molecule has 1 unspecified atom stereocenters. The van der Waals surface area contributed by atoms with Gasteiger partial charge < -0.3 is 0 Å². The molecule has 0 bridgehead atoms. The molecule has 2 nitrogen and oxygen atoms in total. The predicted octanol–water partition coefficient (Wildman–Crippen LogP) is 5.07. The molecule has 0 aliphatic heterocycles. The van der Waals surface area contributed by atoms with Crippen LogP contribution in [-0.2, 0) is 33.1 Å². The minimum Gasteiger partial charge on any atom is -0.147 e. The zero-order valence-corrected chi connectivity index (χ0v) is 18.5. The Balaban J connectivity index is 0.00000264. The van der Waals surface area contributed by atoms with Crippen molar-refractivity contribution in [3.63, 3.8) is 0 Å². The summed E-state index contributed by atoms with van der Waals surface area (Å²) >= 11 is -1.56. The Morgan fingerprint density at radius 1 is 1.12 bits per heavy atom. The number of alkyl halides is 3. The average Bonchev–Trinajstić information content (AvgIpc) is 2.97. The fourth-order valence-corrected chi connectivity index (χ4v) is 9.33. The fourth-order valence-electron chi connectivity index (χ4n) is 2.85. The molecule has 0 amide bonds. The SMILES string of the molecule is CC1=C(C)C(C)(S(=O)(=O)C(F)(F)F)[C]([Zr][C]2=CC=CC2)=C1C.Cl.Cl. The monoisotopic (exact) mass is 480 g/mol. The van der Waals surface area contributed by atoms with E-state index in [0.29, 0.717) is 14.4 Å². The van der Waals surface area contributed by atoms with Crippen molar-refractivity contribution in [3.05, 3.63) is 41.5 Å². The molecular formula is C15H19Cl2F3O2SZr. The second-order valence-electron chi connectivity index (χ2n) is 5.68. The number of sulfone groups is 1. The van der Waals surface area contributed by atoms with Gasteiger partial charge in [-0.1, -0.05) is 0 Å². The van der Waals surface area contributed by atoms with Crippen molar-refractivity contribution in [2.75, 3.05) is 0 Å². The number of hydrogen-bond acceptors (Lipinski definition) is 2. The molecule has 2 rings (SSSR count). The van der Waals surface area contributed by atoms with E-state index < -0.39 is 43.3 Å². The van der Waals surface area contributed by atoms with Crippen LogP contribution < -0.4 is 0 Å². The molecular weight excluding hydrogens is 463 g/mol. The molecule has 0 saturated heterocycles. The van der Waals surface area contributed by atoms with E-state index in [-0.39, 0.29) is 24.8 Å². The van der Waals surface area contributed by atoms with Gasteiger partial charge in [0, 0.05) is 0 Å². The van der Waals surface area contributed by atoms with Crippen LogP contribution in [0.1, 0.15) is 34.1 Å². The van der Waals surface area contributed by atoms with Gasteiger partial charge in [-0.15, -0.1) is 24.8 Å². The van der Waals surface area contributed by atoms with E-state index in [4.69, 9.17) is 0 Å². The third-order valence-electron chi connectivity index (χ3n) is 4.59. The Kier molecular flexibility index (Phi) is 7.87. The summed E-state index contributed by atoms with van der Waals surface area (Å²) in [6, 6.07) is 0. The van der Waals surface area contributed by atoms with E-state index in [9.17, 15) is 21.6 Å². The van der Waals surface area contributed by atoms with E-state index in [1.807, 2.05) is 18.2 Å². The molecule has 0 aromatic carbocycles. The van der Waals surface area contributed by atoms with Gasteiger partial charge in [-0.2, -0.15) is 0 Å². The first kappa shape index (κ1) is 24.2. The first-order chi connectivity index (χ1) is 9.94. The molecule has 0 spiro atoms. The maximum atomic E-state index is 13.2. The van der Waals surface area contributed by atoms with Gasteiger partial charge in [0.1, 0.15) is 0 Å². The Morgan fingerprint density at radius 2 is 1.67 bits per heavy atom. The normalized spacial score (nSPS) is 23.9. The van der Waals surface area contributed by atoms with Crippen LogP contribution >= 0.6 is 24.8 Å². The number of hydrogen-bond donors (Lipinski definition) is 0. The van der Waals surface area contributed by atoms with Crippen molar-refractivity contribution < 1.29 is 44.8 Å². The molecule has 1 atom stereocenters. The van der Waals surface area contributed by atoms with E-state index in [1.54, 1.807) is 13.8 Å². The third-order valence-corrected chi connectivity index (χ3v) is 11.7. The molecule has 0 saturated carbocycles. The van der Waals surface area contributed by atoms with E-state index in [0.717, 1.165) is 15.3 Å². The fraction of sp³-hybridized carbons (Fsp3) is 0.467. The van der Waals surface area contributed by atoms with Gasteiger partial charge in [-0.05, 0) is 0 Å². The molecule has 0 radical (unpaired) electrons. The molecule has 0 aromatic heterocycles. The summed E-state index contributed by atoms with van der Waals surface area (Å²) in [6.07, 6.45) is 6.47. The first-order valence-electron chi connectivity index (χ1n) is 6.78. The largest absolute Gasteiger partial charge is 0.147 e. The maximum Gasteiger partial charge on any atom is -0.147 e. The van der Waals surface area contributed by atoms with Gasteiger partial charge in [0.05, 0.1) is 0 Å². The zero-order chi connectivity index (χ0) is 16.9. The van der Waals surface area contributed by atoms with Crippen molar-refractivity contribution in [3.8, 4) is 0 Å². The van der Waals surface area contributed by atoms with Crippen LogP contribution in [0.2, 0.25) is 0 Å². The molecule has 0 aromatic rings. The van der Waals surface area contributed by atoms with Crippen molar-refractivity contribution in [2.24, 2.45) is 0 Å². The van der Waals surface area contributed by atoms with Crippen LogP contribution in [0.4, 0.5) is 13.2 Å². The maximum absolute atomic E-state index is 13.2. The van der Waals surface area contributed by atoms with E-state index >= 15 is 0 Å². The molecule has 0 N–H and O–H groups in total. The van der Waals surface area contributed by atoms with Crippen LogP contribution in [0.5, 0.6) is 0 Å². The molecule has 2 aliphatic carbocycles. The van der Waals surface area contributed by atoms with Crippen LogP contribution in [0, 0.1) is 0 Å². The molecule has 136 valence electrons. The smallest absolute Gasteiger partial charge is 0.147 e. The topological polar surface area (TPSA) is 34.1 Å². The average molecular weight is 483 g/mol. The summed E-state index contributed by atoms with van der Waals surface area (Å²) in [7, 11) is -5.30. The van der Waals surface area contributed by atoms with Gasteiger partial charge in [0.2, 0.25) is 0 Å². The van der Waals surface area contributed by atoms with Crippen LogP contribution in [-0.4, -0.2) is 18.7 Å². The first-order valence-corrected chi connectivity index (χ1v) is 10.7. The zero-order valence-electron chi connectivity index (χ0n) is 13.6. The molecule has 0 fully saturated rings. The standard InChI is InChI=1S/C10H12F3O2S.C5H5.2ClH.Zr/c1-6-5-9(4,8(3)7(6)2)16(14,15)10(11,12)13;1-2-4-5-3-1;;;/h1-4H3;1-3H,4H2;2*1H;. The van der Waals surface area contributed by atoms with Crippen LogP contribution in [0.15, 0.2) is 41.5 Å². The van der Waals surface area contributed by atoms with Gasteiger partial charge in [-0.25, -0.2) is 0 Å². The summed E-state index contributed by atoms with van der Waals surface area (Å²) in [4.78, 5) is 0. The summed E-state index contributed by atoms with van der Waals surface area (Å²) in [6.45, 7) is 6.19. The Hall–Kier alpha value is 0.163. The molecule has 24 heavy (non-hydrogen) atoms. The molecule has 9 heteroatoms. The third kappa shape index (κ3) is 3.51. The summed E-state index contributed by atoms with van der Waals surface area (Å²) < 4.78 is 63.8. The second kappa shape index (κ2) is 7.81. The van der Waals surface area contributed by atoms with Crippen molar-refractivity contribution in [1.82, 2.24) is 0 Å². The van der Waals surface area contributed by atoms with Crippen LogP contribution in [0.3, 0.4) is 0 Å². The predicted molar refractivity (Wildman–Crippen MR) is 90.8 cm³/mol. The summed E-state index contributed by atoms with van der Waals surface area (Å²) in [5.41, 5.74) is -3.53. The van der Waals surface area contributed by atoms with E-state index in [2.05, 4.69) is 0 Å². The summed E-state index contributed by atoms with van der Waals surface area (Å²) in [5, 5.41) is 0. The number of allylic oxidation sites excluding steroid dienone is 6. The Bertz CT molecular complexity index is 749. The van der Waals surface area contributed by atoms with E-state index in [1.165, 1.54) is 13.8 Å². The molecule has 0 heterocycles. The Morgan fingerprint density at radius 3 is 2.08 bits per heavy atom. The number of rotatable bonds is 3. The minimum atomic E-state index is -5.30. The van der Waals surface area contributed by atoms with Crippen molar-refractivity contribution in [2.45, 2.75) is 44.4 Å². The van der Waals surface area contributed by atoms with Crippen molar-refractivity contribution in [1.29, 1.82) is 0 Å². The summed E-state index contributed by atoms with van der Waals surface area (Å²) in [5.74, 6) is 0. The van der Waals surface area contributed by atoms with Crippen molar-refractivity contribution >= 4 is 34.7 Å². The van der Waals surface area contributed by atoms with Gasteiger partial charge >= 0.3 is 141 Å². The second-order valence-corrected chi connectivity index (χ2v) is 11.4. The minimum absolute atomic E-state index is 0. The molecule has 2 aliphatic rings. The van der Waals surface area contributed by atoms with Gasteiger partial charge in [0.15, 0.2) is 0 Å². The number of halogens is 5. The quantitative estimate of drug-likeness (QED) is 0.563. The van der Waals surface area contributed by atoms with Gasteiger partial charge in [-0.3, -0.25) is 0 Å². The van der Waals surface area contributed by atoms with Gasteiger partial charge in [0.25, 0.3) is 0 Å². The van der Waals surface area contributed by atoms with Crippen LogP contribution in [0.25, 0.3) is 0 Å².